The SMILES string of the molecule is CCCc1nn(C)c(NC(C)c2ncc(CC)s2)c1N. The molecule has 2 aromatic heterocycles. The van der Waals surface area contributed by atoms with Crippen molar-refractivity contribution in [3.63, 3.8) is 0 Å². The third-order valence-corrected chi connectivity index (χ3v) is 4.62. The largest absolute Gasteiger partial charge is 0.394 e. The number of aromatic nitrogens is 3. The summed E-state index contributed by atoms with van der Waals surface area (Å²) < 4.78 is 1.82. The first-order chi connectivity index (χ1) is 9.56. The van der Waals surface area contributed by atoms with Crippen molar-refractivity contribution >= 4 is 22.8 Å². The molecule has 110 valence electrons. The zero-order valence-corrected chi connectivity index (χ0v) is 13.4. The van der Waals surface area contributed by atoms with Gasteiger partial charge in [-0.2, -0.15) is 5.10 Å². The summed E-state index contributed by atoms with van der Waals surface area (Å²) >= 11 is 1.74. The van der Waals surface area contributed by atoms with Gasteiger partial charge in [-0.1, -0.05) is 20.3 Å². The molecule has 5 nitrogen and oxygen atoms in total. The van der Waals surface area contributed by atoms with Crippen molar-refractivity contribution in [2.45, 2.75) is 46.1 Å². The van der Waals surface area contributed by atoms with Crippen LogP contribution in [0.15, 0.2) is 6.20 Å². The van der Waals surface area contributed by atoms with Crippen molar-refractivity contribution in [1.29, 1.82) is 0 Å². The predicted molar refractivity (Wildman–Crippen MR) is 85.1 cm³/mol. The molecule has 1 unspecified atom stereocenters. The van der Waals surface area contributed by atoms with Gasteiger partial charge in [0.15, 0.2) is 0 Å². The van der Waals surface area contributed by atoms with Crippen LogP contribution in [0.2, 0.25) is 0 Å². The Labute approximate surface area is 124 Å². The Hall–Kier alpha value is -1.56. The highest BCUT2D eigenvalue weighted by molar-refractivity contribution is 7.11. The first-order valence-electron chi connectivity index (χ1n) is 7.09. The lowest BCUT2D eigenvalue weighted by Crippen LogP contribution is -2.11. The molecule has 20 heavy (non-hydrogen) atoms. The summed E-state index contributed by atoms with van der Waals surface area (Å²) in [6.07, 6.45) is 4.93. The second-order valence-electron chi connectivity index (χ2n) is 4.97. The molecule has 0 saturated carbocycles. The minimum absolute atomic E-state index is 0.132. The maximum Gasteiger partial charge on any atom is 0.148 e. The van der Waals surface area contributed by atoms with E-state index in [-0.39, 0.29) is 6.04 Å². The zero-order chi connectivity index (χ0) is 14.7. The molecule has 6 heteroatoms. The average molecular weight is 293 g/mol. The van der Waals surface area contributed by atoms with Crippen LogP contribution in [0.25, 0.3) is 0 Å². The Kier molecular flexibility index (Phi) is 4.65. The van der Waals surface area contributed by atoms with Crippen molar-refractivity contribution in [3.05, 3.63) is 21.8 Å². The second kappa shape index (κ2) is 6.26. The van der Waals surface area contributed by atoms with Crippen LogP contribution in [0.3, 0.4) is 0 Å². The van der Waals surface area contributed by atoms with E-state index >= 15 is 0 Å². The molecule has 2 heterocycles. The van der Waals surface area contributed by atoms with E-state index in [4.69, 9.17) is 5.73 Å². The summed E-state index contributed by atoms with van der Waals surface area (Å²) in [6.45, 7) is 6.38. The minimum Gasteiger partial charge on any atom is -0.394 e. The first kappa shape index (κ1) is 14.8. The fraction of sp³-hybridized carbons (Fsp3) is 0.571. The summed E-state index contributed by atoms with van der Waals surface area (Å²) in [7, 11) is 1.92. The van der Waals surface area contributed by atoms with Crippen LogP contribution in [0.5, 0.6) is 0 Å². The van der Waals surface area contributed by atoms with Gasteiger partial charge in [0, 0.05) is 18.1 Å². The minimum atomic E-state index is 0.132. The number of anilines is 2. The third kappa shape index (κ3) is 2.95. The summed E-state index contributed by atoms with van der Waals surface area (Å²) in [6, 6.07) is 0.132. The summed E-state index contributed by atoms with van der Waals surface area (Å²) in [5.41, 5.74) is 7.91. The molecule has 2 rings (SSSR count). The Balaban J connectivity index is 2.16. The number of thiazole rings is 1. The number of rotatable bonds is 6. The Morgan fingerprint density at radius 3 is 2.80 bits per heavy atom. The third-order valence-electron chi connectivity index (χ3n) is 3.29. The lowest BCUT2D eigenvalue weighted by molar-refractivity contribution is 0.724. The number of hydrogen-bond donors (Lipinski definition) is 2. The van der Waals surface area contributed by atoms with Gasteiger partial charge < -0.3 is 11.1 Å². The molecule has 0 fully saturated rings. The zero-order valence-electron chi connectivity index (χ0n) is 12.6. The van der Waals surface area contributed by atoms with Gasteiger partial charge in [-0.05, 0) is 19.8 Å². The van der Waals surface area contributed by atoms with E-state index in [1.54, 1.807) is 11.3 Å². The van der Waals surface area contributed by atoms with Crippen molar-refractivity contribution in [1.82, 2.24) is 14.8 Å². The molecule has 0 amide bonds. The van der Waals surface area contributed by atoms with Crippen LogP contribution >= 0.6 is 11.3 Å². The highest BCUT2D eigenvalue weighted by Gasteiger charge is 2.17. The number of nitrogen functional groups attached to an aromatic ring is 1. The van der Waals surface area contributed by atoms with Crippen LogP contribution in [0.4, 0.5) is 11.5 Å². The normalized spacial score (nSPS) is 12.6. The quantitative estimate of drug-likeness (QED) is 0.858. The van der Waals surface area contributed by atoms with Crippen LogP contribution in [0, 0.1) is 0 Å². The molecule has 0 spiro atoms. The number of nitrogens with one attached hydrogen (secondary N) is 1. The van der Waals surface area contributed by atoms with Gasteiger partial charge in [0.05, 0.1) is 17.4 Å². The standard InChI is InChI=1S/C14H23N5S/c1-5-7-11-12(15)13(19(4)18-11)17-9(3)14-16-8-10(6-2)20-14/h8-9,17H,5-7,15H2,1-4H3. The predicted octanol–water partition coefficient (Wildman–Crippen LogP) is 3.15. The number of nitrogens with zero attached hydrogens (tertiary/aromatic N) is 3. The van der Waals surface area contributed by atoms with Crippen molar-refractivity contribution in [2.75, 3.05) is 11.1 Å². The van der Waals surface area contributed by atoms with Gasteiger partial charge >= 0.3 is 0 Å². The van der Waals surface area contributed by atoms with Gasteiger partial charge in [-0.3, -0.25) is 4.68 Å². The fourth-order valence-corrected chi connectivity index (χ4v) is 3.00. The van der Waals surface area contributed by atoms with Gasteiger partial charge in [0.2, 0.25) is 0 Å². The number of nitrogens with two attached hydrogens (primary N) is 1. The Morgan fingerprint density at radius 2 is 2.20 bits per heavy atom. The van der Waals surface area contributed by atoms with Gasteiger partial charge in [-0.25, -0.2) is 4.98 Å². The van der Waals surface area contributed by atoms with Gasteiger partial charge in [-0.15, -0.1) is 11.3 Å². The molecule has 2 aromatic rings. The van der Waals surface area contributed by atoms with Crippen molar-refractivity contribution < 1.29 is 0 Å². The molecule has 0 aliphatic heterocycles. The van der Waals surface area contributed by atoms with E-state index in [0.29, 0.717) is 0 Å². The molecule has 0 saturated heterocycles. The van der Waals surface area contributed by atoms with Crippen LogP contribution < -0.4 is 11.1 Å². The topological polar surface area (TPSA) is 68.8 Å². The van der Waals surface area contributed by atoms with Gasteiger partial charge in [0.1, 0.15) is 10.8 Å². The Morgan fingerprint density at radius 1 is 1.45 bits per heavy atom. The van der Waals surface area contributed by atoms with Crippen LogP contribution in [0.1, 0.15) is 48.8 Å². The van der Waals surface area contributed by atoms with Crippen LogP contribution in [-0.2, 0) is 19.9 Å². The molecule has 0 bridgehead atoms. The van der Waals surface area contributed by atoms with Crippen LogP contribution in [-0.4, -0.2) is 14.8 Å². The summed E-state index contributed by atoms with van der Waals surface area (Å²) in [5, 5.41) is 9.00. The molecular weight excluding hydrogens is 270 g/mol. The van der Waals surface area contributed by atoms with Crippen molar-refractivity contribution in [3.8, 4) is 0 Å². The number of aryl methyl sites for hydroxylation is 3. The lowest BCUT2D eigenvalue weighted by Gasteiger charge is -2.13. The first-order valence-corrected chi connectivity index (χ1v) is 7.90. The monoisotopic (exact) mass is 293 g/mol. The van der Waals surface area contributed by atoms with E-state index < -0.39 is 0 Å². The Bertz CT molecular complexity index is 572. The molecule has 1 atom stereocenters. The summed E-state index contributed by atoms with van der Waals surface area (Å²) in [4.78, 5) is 5.78. The van der Waals surface area contributed by atoms with E-state index in [0.717, 1.165) is 41.5 Å². The second-order valence-corrected chi connectivity index (χ2v) is 6.11. The maximum atomic E-state index is 6.19. The molecule has 0 aliphatic carbocycles. The summed E-state index contributed by atoms with van der Waals surface area (Å²) in [5.74, 6) is 0.884. The average Bonchev–Trinajstić information content (AvgIpc) is 3.00. The maximum absolute atomic E-state index is 6.19. The van der Waals surface area contributed by atoms with E-state index in [1.807, 2.05) is 17.9 Å². The van der Waals surface area contributed by atoms with E-state index in [2.05, 4.69) is 36.2 Å². The molecule has 0 aromatic carbocycles. The lowest BCUT2D eigenvalue weighted by atomic mass is 10.2. The highest BCUT2D eigenvalue weighted by atomic mass is 32.1. The molecule has 0 aliphatic rings. The van der Waals surface area contributed by atoms with Gasteiger partial charge in [0.25, 0.3) is 0 Å². The molecular formula is C14H23N5S. The number of hydrogen-bond acceptors (Lipinski definition) is 5. The van der Waals surface area contributed by atoms with E-state index in [1.165, 1.54) is 4.88 Å². The fourth-order valence-electron chi connectivity index (χ4n) is 2.14. The smallest absolute Gasteiger partial charge is 0.148 e. The molecule has 3 N–H and O–H groups in total. The van der Waals surface area contributed by atoms with E-state index in [9.17, 15) is 0 Å². The highest BCUT2D eigenvalue weighted by Crippen LogP contribution is 2.29. The van der Waals surface area contributed by atoms with Crippen molar-refractivity contribution in [2.24, 2.45) is 7.05 Å². The molecule has 0 radical (unpaired) electrons.